The van der Waals surface area contributed by atoms with Crippen molar-refractivity contribution in [1.82, 2.24) is 5.32 Å². The molecule has 0 saturated carbocycles. The number of carbonyl (C=O) groups is 2. The fraction of sp³-hybridized carbons (Fsp3) is 0.231. The first kappa shape index (κ1) is 20.7. The molecular weight excluding hydrogens is 386 g/mol. The third-order valence-electron chi connectivity index (χ3n) is 5.68. The summed E-state index contributed by atoms with van der Waals surface area (Å²) < 4.78 is 0. The molecule has 0 spiro atoms. The molecule has 0 atom stereocenters. The van der Waals surface area contributed by atoms with E-state index in [2.05, 4.69) is 16.7 Å². The van der Waals surface area contributed by atoms with Crippen LogP contribution in [0.4, 0.5) is 16.2 Å². The van der Waals surface area contributed by atoms with Crippen LogP contribution in [0.5, 0.6) is 0 Å². The summed E-state index contributed by atoms with van der Waals surface area (Å²) in [6.45, 7) is 7.03. The molecule has 0 fully saturated rings. The molecule has 0 aliphatic carbocycles. The van der Waals surface area contributed by atoms with Gasteiger partial charge in [0.2, 0.25) is 0 Å². The van der Waals surface area contributed by atoms with Crippen molar-refractivity contribution in [2.45, 2.75) is 33.7 Å². The largest absolute Gasteiger partial charge is 0.334 e. The van der Waals surface area contributed by atoms with Crippen molar-refractivity contribution in [2.75, 3.05) is 16.8 Å². The quantitative estimate of drug-likeness (QED) is 0.622. The maximum absolute atomic E-state index is 13.0. The molecule has 5 nitrogen and oxygen atoms in total. The van der Waals surface area contributed by atoms with Gasteiger partial charge in [0.25, 0.3) is 5.91 Å². The molecule has 3 aromatic carbocycles. The molecule has 31 heavy (non-hydrogen) atoms. The second kappa shape index (κ2) is 8.64. The van der Waals surface area contributed by atoms with Gasteiger partial charge in [0.15, 0.2) is 0 Å². The van der Waals surface area contributed by atoms with Gasteiger partial charge in [-0.15, -0.1) is 0 Å². The summed E-state index contributed by atoms with van der Waals surface area (Å²) in [5, 5.41) is 5.83. The second-order valence-electron chi connectivity index (χ2n) is 8.16. The maximum atomic E-state index is 13.0. The highest BCUT2D eigenvalue weighted by molar-refractivity contribution is 6.07. The third-order valence-corrected chi connectivity index (χ3v) is 5.68. The fourth-order valence-corrected chi connectivity index (χ4v) is 3.82. The van der Waals surface area contributed by atoms with Gasteiger partial charge >= 0.3 is 6.03 Å². The lowest BCUT2D eigenvalue weighted by atomic mass is 10.1. The van der Waals surface area contributed by atoms with Crippen LogP contribution in [0.2, 0.25) is 0 Å². The summed E-state index contributed by atoms with van der Waals surface area (Å²) >= 11 is 0. The van der Waals surface area contributed by atoms with Gasteiger partial charge in [0.1, 0.15) is 0 Å². The van der Waals surface area contributed by atoms with Crippen LogP contribution in [-0.2, 0) is 13.0 Å². The first-order valence-electron chi connectivity index (χ1n) is 10.5. The Morgan fingerprint density at radius 3 is 2.42 bits per heavy atom. The van der Waals surface area contributed by atoms with Crippen molar-refractivity contribution in [2.24, 2.45) is 0 Å². The van der Waals surface area contributed by atoms with Crippen LogP contribution in [0.15, 0.2) is 60.7 Å². The predicted molar refractivity (Wildman–Crippen MR) is 125 cm³/mol. The number of hydrogen-bond acceptors (Lipinski definition) is 2. The van der Waals surface area contributed by atoms with Crippen LogP contribution < -0.4 is 15.5 Å². The molecule has 4 rings (SSSR count). The van der Waals surface area contributed by atoms with Gasteiger partial charge in [-0.25, -0.2) is 4.79 Å². The third kappa shape index (κ3) is 4.61. The highest BCUT2D eigenvalue weighted by Crippen LogP contribution is 2.30. The van der Waals surface area contributed by atoms with Crippen LogP contribution in [0.3, 0.4) is 0 Å². The number of benzene rings is 3. The SMILES string of the molecule is Cc1ccc(C(=O)N2CCc3ccc(CNC(=O)Nc4cc(C)ccc4C)cc32)cc1. The van der Waals surface area contributed by atoms with Gasteiger partial charge in [0.05, 0.1) is 0 Å². The number of amides is 3. The smallest absolute Gasteiger partial charge is 0.319 e. The Hall–Kier alpha value is -3.60. The number of fused-ring (bicyclic) bond motifs is 1. The molecule has 0 bridgehead atoms. The number of carbonyl (C=O) groups excluding carboxylic acids is 2. The lowest BCUT2D eigenvalue weighted by Gasteiger charge is -2.18. The average Bonchev–Trinajstić information content (AvgIpc) is 3.18. The Balaban J connectivity index is 1.44. The lowest BCUT2D eigenvalue weighted by Crippen LogP contribution is -2.30. The fourth-order valence-electron chi connectivity index (χ4n) is 3.82. The number of nitrogens with zero attached hydrogens (tertiary/aromatic N) is 1. The van der Waals surface area contributed by atoms with Gasteiger partial charge in [-0.2, -0.15) is 0 Å². The van der Waals surface area contributed by atoms with E-state index < -0.39 is 0 Å². The second-order valence-corrected chi connectivity index (χ2v) is 8.16. The zero-order valence-corrected chi connectivity index (χ0v) is 18.2. The van der Waals surface area contributed by atoms with Crippen molar-refractivity contribution < 1.29 is 9.59 Å². The highest BCUT2D eigenvalue weighted by atomic mass is 16.2. The van der Waals surface area contributed by atoms with Gasteiger partial charge in [-0.05, 0) is 73.7 Å². The average molecular weight is 414 g/mol. The van der Waals surface area contributed by atoms with E-state index >= 15 is 0 Å². The molecule has 1 aliphatic heterocycles. The number of anilines is 2. The van der Waals surface area contributed by atoms with Crippen molar-refractivity contribution in [1.29, 1.82) is 0 Å². The number of rotatable bonds is 4. The summed E-state index contributed by atoms with van der Waals surface area (Å²) in [7, 11) is 0. The highest BCUT2D eigenvalue weighted by Gasteiger charge is 2.25. The first-order valence-corrected chi connectivity index (χ1v) is 10.5. The van der Waals surface area contributed by atoms with Crippen LogP contribution in [0.1, 0.15) is 38.2 Å². The van der Waals surface area contributed by atoms with Crippen LogP contribution in [-0.4, -0.2) is 18.5 Å². The molecule has 0 aromatic heterocycles. The molecule has 0 unspecified atom stereocenters. The zero-order valence-electron chi connectivity index (χ0n) is 18.2. The number of urea groups is 1. The van der Waals surface area contributed by atoms with Crippen molar-refractivity contribution >= 4 is 23.3 Å². The monoisotopic (exact) mass is 413 g/mol. The summed E-state index contributed by atoms with van der Waals surface area (Å²) in [6, 6.07) is 19.5. The molecule has 3 aromatic rings. The van der Waals surface area contributed by atoms with Crippen molar-refractivity contribution in [3.63, 3.8) is 0 Å². The number of nitrogens with one attached hydrogen (secondary N) is 2. The Bertz CT molecular complexity index is 1140. The predicted octanol–water partition coefficient (Wildman–Crippen LogP) is 5.14. The molecule has 0 saturated heterocycles. The van der Waals surface area contributed by atoms with Crippen LogP contribution in [0.25, 0.3) is 0 Å². The van der Waals surface area contributed by atoms with E-state index in [1.807, 2.05) is 80.3 Å². The number of hydrogen-bond donors (Lipinski definition) is 2. The van der Waals surface area contributed by atoms with E-state index in [0.717, 1.165) is 45.6 Å². The minimum atomic E-state index is -0.248. The molecular formula is C26H27N3O2. The van der Waals surface area contributed by atoms with Crippen molar-refractivity contribution in [3.05, 3.63) is 94.0 Å². The van der Waals surface area contributed by atoms with E-state index in [4.69, 9.17) is 0 Å². The van der Waals surface area contributed by atoms with Crippen LogP contribution in [0, 0.1) is 20.8 Å². The van der Waals surface area contributed by atoms with Gasteiger partial charge < -0.3 is 15.5 Å². The Morgan fingerprint density at radius 1 is 0.903 bits per heavy atom. The van der Waals surface area contributed by atoms with Crippen molar-refractivity contribution in [3.8, 4) is 0 Å². The summed E-state index contributed by atoms with van der Waals surface area (Å²) in [5.74, 6) is 0.0107. The van der Waals surface area contributed by atoms with Crippen LogP contribution >= 0.6 is 0 Å². The molecule has 1 aliphatic rings. The molecule has 1 heterocycles. The maximum Gasteiger partial charge on any atom is 0.319 e. The minimum Gasteiger partial charge on any atom is -0.334 e. The van der Waals surface area contributed by atoms with E-state index in [-0.39, 0.29) is 11.9 Å². The van der Waals surface area contributed by atoms with Gasteiger partial charge in [-0.1, -0.05) is 42.0 Å². The normalized spacial score (nSPS) is 12.4. The number of aryl methyl sites for hydroxylation is 3. The standard InChI is InChI=1S/C26H27N3O2/c1-17-5-9-22(10-6-17)25(30)29-13-12-21-11-8-20(15-24(21)29)16-27-26(31)28-23-14-18(2)4-7-19(23)3/h4-11,14-15H,12-13,16H2,1-3H3,(H2,27,28,31). The Labute approximate surface area is 183 Å². The molecule has 5 heteroatoms. The summed E-state index contributed by atoms with van der Waals surface area (Å²) in [4.78, 5) is 27.2. The molecule has 3 amide bonds. The van der Waals surface area contributed by atoms with E-state index in [0.29, 0.717) is 18.7 Å². The van der Waals surface area contributed by atoms with Gasteiger partial charge in [-0.3, -0.25) is 4.79 Å². The Morgan fingerprint density at radius 2 is 1.65 bits per heavy atom. The first-order chi connectivity index (χ1) is 14.9. The topological polar surface area (TPSA) is 61.4 Å². The summed E-state index contributed by atoms with van der Waals surface area (Å²) in [6.07, 6.45) is 0.841. The Kier molecular flexibility index (Phi) is 5.76. The van der Waals surface area contributed by atoms with E-state index in [9.17, 15) is 9.59 Å². The molecule has 2 N–H and O–H groups in total. The minimum absolute atomic E-state index is 0.0107. The lowest BCUT2D eigenvalue weighted by molar-refractivity contribution is 0.0989. The van der Waals surface area contributed by atoms with E-state index in [1.165, 1.54) is 0 Å². The molecule has 158 valence electrons. The molecule has 0 radical (unpaired) electrons. The van der Waals surface area contributed by atoms with Gasteiger partial charge in [0, 0.05) is 30.0 Å². The van der Waals surface area contributed by atoms with E-state index in [1.54, 1.807) is 0 Å². The summed E-state index contributed by atoms with van der Waals surface area (Å²) in [5.41, 5.74) is 7.78. The zero-order chi connectivity index (χ0) is 22.0.